The van der Waals surface area contributed by atoms with E-state index in [2.05, 4.69) is 20.5 Å². The number of anilines is 1. The number of carbonyl (C=O) groups excluding carboxylic acids is 1. The Morgan fingerprint density at radius 3 is 2.38 bits per heavy atom. The minimum absolute atomic E-state index is 0.322. The molecule has 0 aliphatic carbocycles. The molecule has 0 spiro atoms. The van der Waals surface area contributed by atoms with Crippen molar-refractivity contribution in [1.82, 2.24) is 24.8 Å². The number of ether oxygens (including phenoxy) is 2. The maximum Gasteiger partial charge on any atom is 0.263 e. The lowest BCUT2D eigenvalue weighted by atomic mass is 10.1. The third-order valence-electron chi connectivity index (χ3n) is 5.25. The van der Waals surface area contributed by atoms with E-state index < -0.39 is 0 Å². The van der Waals surface area contributed by atoms with Crippen molar-refractivity contribution in [3.05, 3.63) is 84.7 Å². The van der Waals surface area contributed by atoms with Crippen LogP contribution in [-0.4, -0.2) is 44.9 Å². The van der Waals surface area contributed by atoms with E-state index in [1.807, 2.05) is 48.5 Å². The lowest BCUT2D eigenvalue weighted by Gasteiger charge is -2.13. The SMILES string of the molecule is COc1cccc(OC)c1C(=O)Nc1cccc(-c2ccc3nnc(-c4cccnc4)n3n2)c1. The Hall–Kier alpha value is -4.79. The summed E-state index contributed by atoms with van der Waals surface area (Å²) in [4.78, 5) is 17.2. The van der Waals surface area contributed by atoms with E-state index in [0.29, 0.717) is 39.9 Å². The minimum atomic E-state index is -0.340. The average molecular weight is 452 g/mol. The lowest BCUT2D eigenvalue weighted by Crippen LogP contribution is -2.14. The van der Waals surface area contributed by atoms with Gasteiger partial charge in [0, 0.05) is 29.2 Å². The molecule has 2 aromatic carbocycles. The van der Waals surface area contributed by atoms with Gasteiger partial charge in [-0.1, -0.05) is 18.2 Å². The maximum absolute atomic E-state index is 13.0. The van der Waals surface area contributed by atoms with Crippen molar-refractivity contribution < 1.29 is 14.3 Å². The molecule has 168 valence electrons. The molecule has 5 aromatic rings. The van der Waals surface area contributed by atoms with Gasteiger partial charge in [0.25, 0.3) is 5.91 Å². The first-order valence-corrected chi connectivity index (χ1v) is 10.4. The van der Waals surface area contributed by atoms with Crippen LogP contribution in [0.5, 0.6) is 11.5 Å². The summed E-state index contributed by atoms with van der Waals surface area (Å²) < 4.78 is 12.4. The summed E-state index contributed by atoms with van der Waals surface area (Å²) in [5.74, 6) is 1.11. The van der Waals surface area contributed by atoms with Gasteiger partial charge in [0.2, 0.25) is 0 Å². The Morgan fingerprint density at radius 2 is 1.65 bits per heavy atom. The summed E-state index contributed by atoms with van der Waals surface area (Å²) in [6, 6.07) is 20.1. The molecule has 9 nitrogen and oxygen atoms in total. The van der Waals surface area contributed by atoms with Gasteiger partial charge in [0.1, 0.15) is 17.1 Å². The molecule has 5 rings (SSSR count). The number of amides is 1. The zero-order chi connectivity index (χ0) is 23.5. The van der Waals surface area contributed by atoms with Gasteiger partial charge in [0.15, 0.2) is 11.5 Å². The van der Waals surface area contributed by atoms with Crippen LogP contribution in [0.2, 0.25) is 0 Å². The molecular weight excluding hydrogens is 432 g/mol. The monoisotopic (exact) mass is 452 g/mol. The summed E-state index contributed by atoms with van der Waals surface area (Å²) >= 11 is 0. The highest BCUT2D eigenvalue weighted by Gasteiger charge is 2.19. The van der Waals surface area contributed by atoms with E-state index in [9.17, 15) is 4.79 Å². The van der Waals surface area contributed by atoms with Crippen molar-refractivity contribution in [2.75, 3.05) is 19.5 Å². The molecular formula is C25H20N6O3. The summed E-state index contributed by atoms with van der Waals surface area (Å²) in [6.07, 6.45) is 3.42. The van der Waals surface area contributed by atoms with Crippen molar-refractivity contribution in [3.63, 3.8) is 0 Å². The molecule has 0 aliphatic heterocycles. The third-order valence-corrected chi connectivity index (χ3v) is 5.25. The smallest absolute Gasteiger partial charge is 0.263 e. The number of aromatic nitrogens is 5. The number of methoxy groups -OCH3 is 2. The molecule has 0 atom stereocenters. The van der Waals surface area contributed by atoms with Gasteiger partial charge in [-0.05, 0) is 48.5 Å². The topological polar surface area (TPSA) is 104 Å². The van der Waals surface area contributed by atoms with Crippen LogP contribution in [0.15, 0.2) is 79.1 Å². The van der Waals surface area contributed by atoms with E-state index in [-0.39, 0.29) is 5.91 Å². The van der Waals surface area contributed by atoms with Crippen molar-refractivity contribution in [3.8, 4) is 34.1 Å². The van der Waals surface area contributed by atoms with Gasteiger partial charge in [-0.25, -0.2) is 0 Å². The first kappa shape index (κ1) is 21.1. The predicted molar refractivity (Wildman–Crippen MR) is 127 cm³/mol. The fourth-order valence-electron chi connectivity index (χ4n) is 3.64. The molecule has 1 amide bonds. The zero-order valence-electron chi connectivity index (χ0n) is 18.5. The van der Waals surface area contributed by atoms with Crippen molar-refractivity contribution in [1.29, 1.82) is 0 Å². The fourth-order valence-corrected chi connectivity index (χ4v) is 3.64. The van der Waals surface area contributed by atoms with Crippen LogP contribution in [0, 0.1) is 0 Å². The molecule has 3 heterocycles. The van der Waals surface area contributed by atoms with Crippen molar-refractivity contribution in [2.24, 2.45) is 0 Å². The maximum atomic E-state index is 13.0. The Morgan fingerprint density at radius 1 is 0.882 bits per heavy atom. The number of carbonyl (C=O) groups is 1. The summed E-state index contributed by atoms with van der Waals surface area (Å²) in [7, 11) is 3.03. The van der Waals surface area contributed by atoms with Crippen LogP contribution < -0.4 is 14.8 Å². The van der Waals surface area contributed by atoms with E-state index in [0.717, 1.165) is 11.1 Å². The largest absolute Gasteiger partial charge is 0.496 e. The minimum Gasteiger partial charge on any atom is -0.496 e. The number of pyridine rings is 1. The van der Waals surface area contributed by atoms with Gasteiger partial charge in [0.05, 0.1) is 19.9 Å². The van der Waals surface area contributed by atoms with Gasteiger partial charge >= 0.3 is 0 Å². The second-order valence-electron chi connectivity index (χ2n) is 7.33. The number of hydrogen-bond donors (Lipinski definition) is 1. The van der Waals surface area contributed by atoms with Crippen LogP contribution in [-0.2, 0) is 0 Å². The van der Waals surface area contributed by atoms with Crippen LogP contribution in [0.25, 0.3) is 28.3 Å². The van der Waals surface area contributed by atoms with Gasteiger partial charge in [-0.3, -0.25) is 9.78 Å². The molecule has 0 aliphatic rings. The van der Waals surface area contributed by atoms with E-state index in [4.69, 9.17) is 14.6 Å². The number of nitrogens with zero attached hydrogens (tertiary/aromatic N) is 5. The molecule has 0 saturated heterocycles. The number of fused-ring (bicyclic) bond motifs is 1. The quantitative estimate of drug-likeness (QED) is 0.413. The molecule has 1 N–H and O–H groups in total. The standard InChI is InChI=1S/C25H20N6O3/c1-33-20-9-4-10-21(34-2)23(20)25(32)27-18-8-3-6-16(14-18)19-11-12-22-28-29-24(31(22)30-19)17-7-5-13-26-15-17/h3-15H,1-2H3,(H,27,32). The highest BCUT2D eigenvalue weighted by atomic mass is 16.5. The molecule has 0 fully saturated rings. The Bertz CT molecular complexity index is 1460. The highest BCUT2D eigenvalue weighted by Crippen LogP contribution is 2.30. The molecule has 3 aromatic heterocycles. The number of benzene rings is 2. The van der Waals surface area contributed by atoms with Crippen LogP contribution in [0.1, 0.15) is 10.4 Å². The highest BCUT2D eigenvalue weighted by molar-refractivity contribution is 6.08. The van der Waals surface area contributed by atoms with Crippen LogP contribution in [0.3, 0.4) is 0 Å². The lowest BCUT2D eigenvalue weighted by molar-refractivity contribution is 0.102. The second-order valence-corrected chi connectivity index (χ2v) is 7.33. The Balaban J connectivity index is 1.48. The van der Waals surface area contributed by atoms with E-state index >= 15 is 0 Å². The molecule has 0 unspecified atom stereocenters. The van der Waals surface area contributed by atoms with Gasteiger partial charge in [-0.15, -0.1) is 10.2 Å². The number of hydrogen-bond acceptors (Lipinski definition) is 7. The van der Waals surface area contributed by atoms with E-state index in [1.165, 1.54) is 14.2 Å². The first-order chi connectivity index (χ1) is 16.7. The molecule has 9 heteroatoms. The van der Waals surface area contributed by atoms with Gasteiger partial charge in [-0.2, -0.15) is 9.61 Å². The van der Waals surface area contributed by atoms with Gasteiger partial charge < -0.3 is 14.8 Å². The Kier molecular flexibility index (Phi) is 5.57. The second kappa shape index (κ2) is 8.99. The Labute approximate surface area is 195 Å². The van der Waals surface area contributed by atoms with Crippen LogP contribution >= 0.6 is 0 Å². The zero-order valence-corrected chi connectivity index (χ0v) is 18.5. The molecule has 0 saturated carbocycles. The summed E-state index contributed by atoms with van der Waals surface area (Å²) in [5, 5.41) is 16.1. The fraction of sp³-hybridized carbons (Fsp3) is 0.0800. The normalized spacial score (nSPS) is 10.8. The van der Waals surface area contributed by atoms with Crippen molar-refractivity contribution in [2.45, 2.75) is 0 Å². The first-order valence-electron chi connectivity index (χ1n) is 10.4. The predicted octanol–water partition coefficient (Wildman–Crippen LogP) is 4.12. The molecule has 0 radical (unpaired) electrons. The summed E-state index contributed by atoms with van der Waals surface area (Å²) in [5.41, 5.74) is 3.87. The average Bonchev–Trinajstić information content (AvgIpc) is 3.32. The summed E-state index contributed by atoms with van der Waals surface area (Å²) in [6.45, 7) is 0. The third kappa shape index (κ3) is 3.90. The number of rotatable bonds is 6. The number of nitrogens with one attached hydrogen (secondary N) is 1. The van der Waals surface area contributed by atoms with E-state index in [1.54, 1.807) is 35.1 Å². The van der Waals surface area contributed by atoms with Crippen molar-refractivity contribution >= 4 is 17.2 Å². The molecule has 34 heavy (non-hydrogen) atoms. The molecule has 0 bridgehead atoms. The van der Waals surface area contributed by atoms with Crippen LogP contribution in [0.4, 0.5) is 5.69 Å².